The number of rotatable bonds is 5. The third kappa shape index (κ3) is 4.40. The lowest BCUT2D eigenvalue weighted by Crippen LogP contribution is -2.30. The molecule has 2 aromatic carbocycles. The summed E-state index contributed by atoms with van der Waals surface area (Å²) in [5.41, 5.74) is 1.17. The quantitative estimate of drug-likeness (QED) is 0.403. The number of ether oxygens (including phenoxy) is 1. The molecule has 1 aliphatic heterocycles. The van der Waals surface area contributed by atoms with E-state index >= 15 is 0 Å². The van der Waals surface area contributed by atoms with Crippen LogP contribution >= 0.6 is 23.4 Å². The third-order valence-corrected chi connectivity index (χ3v) is 5.02. The number of carbonyl (C=O) groups is 2. The van der Waals surface area contributed by atoms with Crippen molar-refractivity contribution < 1.29 is 14.3 Å². The summed E-state index contributed by atoms with van der Waals surface area (Å²) in [5.74, 6) is -0.208. The van der Waals surface area contributed by atoms with Crippen molar-refractivity contribution in [1.29, 1.82) is 0 Å². The van der Waals surface area contributed by atoms with Crippen LogP contribution in [0.2, 0.25) is 5.02 Å². The van der Waals surface area contributed by atoms with E-state index in [0.29, 0.717) is 33.8 Å². The number of hydrogen-bond donors (Lipinski definition) is 0. The van der Waals surface area contributed by atoms with Crippen LogP contribution in [0.15, 0.2) is 69.4 Å². The second-order valence-corrected chi connectivity index (χ2v) is 7.12. The highest BCUT2D eigenvalue weighted by atomic mass is 35.5. The summed E-state index contributed by atoms with van der Waals surface area (Å²) in [6.07, 6.45) is 1.34. The molecule has 3 rings (SSSR count). The standard InChI is InChI=1S/C20H17ClN2O3S/c1-3-26-13(2)22-16-6-4-5-7-17(16)27-18-12-19(24)23(20(18)25)15-10-8-14(21)9-11-15/h4-12H,3H2,1-2H3. The molecule has 27 heavy (non-hydrogen) atoms. The fourth-order valence-electron chi connectivity index (χ4n) is 2.52. The number of benzene rings is 2. The van der Waals surface area contributed by atoms with Crippen molar-refractivity contribution in [2.75, 3.05) is 11.5 Å². The fraction of sp³-hybridized carbons (Fsp3) is 0.150. The highest BCUT2D eigenvalue weighted by molar-refractivity contribution is 8.04. The summed E-state index contributed by atoms with van der Waals surface area (Å²) >= 11 is 7.09. The van der Waals surface area contributed by atoms with E-state index in [4.69, 9.17) is 16.3 Å². The summed E-state index contributed by atoms with van der Waals surface area (Å²) in [5, 5.41) is 0.539. The van der Waals surface area contributed by atoms with Gasteiger partial charge in [0, 0.05) is 22.9 Å². The minimum atomic E-state index is -0.378. The van der Waals surface area contributed by atoms with E-state index in [9.17, 15) is 9.59 Å². The number of amides is 2. The number of carbonyl (C=O) groups excluding carboxylic acids is 2. The van der Waals surface area contributed by atoms with E-state index in [1.54, 1.807) is 31.2 Å². The van der Waals surface area contributed by atoms with Crippen molar-refractivity contribution in [3.63, 3.8) is 0 Å². The van der Waals surface area contributed by atoms with Gasteiger partial charge in [0.2, 0.25) is 0 Å². The molecule has 0 N–H and O–H groups in total. The van der Waals surface area contributed by atoms with Crippen molar-refractivity contribution in [2.45, 2.75) is 18.7 Å². The molecule has 2 amide bonds. The van der Waals surface area contributed by atoms with Gasteiger partial charge in [0.15, 0.2) is 5.90 Å². The maximum atomic E-state index is 12.8. The van der Waals surface area contributed by atoms with E-state index in [0.717, 1.165) is 9.80 Å². The lowest BCUT2D eigenvalue weighted by molar-refractivity contribution is -0.120. The molecule has 0 aromatic heterocycles. The number of thioether (sulfide) groups is 1. The predicted molar refractivity (Wildman–Crippen MR) is 109 cm³/mol. The normalized spacial score (nSPS) is 14.6. The van der Waals surface area contributed by atoms with Crippen LogP contribution in [0.1, 0.15) is 13.8 Å². The van der Waals surface area contributed by atoms with Gasteiger partial charge in [-0.15, -0.1) is 0 Å². The van der Waals surface area contributed by atoms with Gasteiger partial charge in [0.05, 0.1) is 22.9 Å². The molecule has 0 saturated heterocycles. The molecule has 7 heteroatoms. The molecule has 1 aliphatic rings. The first-order chi connectivity index (χ1) is 13.0. The van der Waals surface area contributed by atoms with E-state index < -0.39 is 0 Å². The Kier molecular flexibility index (Phi) is 5.98. The van der Waals surface area contributed by atoms with E-state index in [1.807, 2.05) is 31.2 Å². The van der Waals surface area contributed by atoms with Gasteiger partial charge in [-0.05, 0) is 43.3 Å². The minimum Gasteiger partial charge on any atom is -0.481 e. The number of nitrogens with zero attached hydrogens (tertiary/aromatic N) is 2. The van der Waals surface area contributed by atoms with Crippen LogP contribution in [0.5, 0.6) is 0 Å². The van der Waals surface area contributed by atoms with E-state index in [2.05, 4.69) is 4.99 Å². The molecule has 0 fully saturated rings. The van der Waals surface area contributed by atoms with Crippen LogP contribution in [-0.2, 0) is 14.3 Å². The Morgan fingerprint density at radius 2 is 1.85 bits per heavy atom. The summed E-state index contributed by atoms with van der Waals surface area (Å²) < 4.78 is 5.38. The zero-order chi connectivity index (χ0) is 19.4. The molecule has 0 radical (unpaired) electrons. The van der Waals surface area contributed by atoms with Crippen LogP contribution in [0.25, 0.3) is 0 Å². The van der Waals surface area contributed by atoms with Crippen LogP contribution in [0.3, 0.4) is 0 Å². The summed E-state index contributed by atoms with van der Waals surface area (Å²) in [7, 11) is 0. The second-order valence-electron chi connectivity index (χ2n) is 5.60. The number of hydrogen-bond acceptors (Lipinski definition) is 5. The molecular formula is C20H17ClN2O3S. The maximum Gasteiger partial charge on any atom is 0.272 e. The number of halogens is 1. The maximum absolute atomic E-state index is 12.8. The average Bonchev–Trinajstić information content (AvgIpc) is 2.91. The molecule has 0 spiro atoms. The lowest BCUT2D eigenvalue weighted by atomic mass is 10.3. The Balaban J connectivity index is 1.84. The topological polar surface area (TPSA) is 59.0 Å². The van der Waals surface area contributed by atoms with Crippen LogP contribution in [-0.4, -0.2) is 24.3 Å². The molecule has 0 unspecified atom stereocenters. The van der Waals surface area contributed by atoms with Crippen molar-refractivity contribution >= 4 is 52.4 Å². The zero-order valence-electron chi connectivity index (χ0n) is 14.8. The average molecular weight is 401 g/mol. The highest BCUT2D eigenvalue weighted by Crippen LogP contribution is 2.38. The molecule has 2 aromatic rings. The van der Waals surface area contributed by atoms with Gasteiger partial charge in [-0.3, -0.25) is 9.59 Å². The molecule has 138 valence electrons. The minimum absolute atomic E-state index is 0.340. The molecule has 5 nitrogen and oxygen atoms in total. The fourth-order valence-corrected chi connectivity index (χ4v) is 3.59. The van der Waals surface area contributed by atoms with Gasteiger partial charge in [0.1, 0.15) is 0 Å². The Morgan fingerprint density at radius 1 is 1.15 bits per heavy atom. The molecule has 0 aliphatic carbocycles. The first kappa shape index (κ1) is 19.2. The Hall–Kier alpha value is -2.57. The van der Waals surface area contributed by atoms with Crippen LogP contribution in [0, 0.1) is 0 Å². The monoisotopic (exact) mass is 400 g/mol. The summed E-state index contributed by atoms with van der Waals surface area (Å²) in [6, 6.07) is 14.0. The number of anilines is 1. The highest BCUT2D eigenvalue weighted by Gasteiger charge is 2.33. The van der Waals surface area contributed by atoms with Gasteiger partial charge in [-0.25, -0.2) is 9.89 Å². The van der Waals surface area contributed by atoms with Crippen molar-refractivity contribution in [2.24, 2.45) is 4.99 Å². The van der Waals surface area contributed by atoms with Gasteiger partial charge in [-0.1, -0.05) is 35.5 Å². The van der Waals surface area contributed by atoms with Crippen molar-refractivity contribution in [3.05, 3.63) is 64.5 Å². The predicted octanol–water partition coefficient (Wildman–Crippen LogP) is 4.98. The lowest BCUT2D eigenvalue weighted by Gasteiger charge is -2.15. The third-order valence-electron chi connectivity index (χ3n) is 3.69. The SMILES string of the molecule is CCOC(C)=Nc1ccccc1SC1=CC(=O)N(c2ccc(Cl)cc2)C1=O. The molecule has 0 bridgehead atoms. The molecule has 0 atom stereocenters. The van der Waals surface area contributed by atoms with Crippen LogP contribution in [0.4, 0.5) is 11.4 Å². The smallest absolute Gasteiger partial charge is 0.272 e. The molecular weight excluding hydrogens is 384 g/mol. The number of para-hydroxylation sites is 1. The summed E-state index contributed by atoms with van der Waals surface area (Å²) in [4.78, 5) is 31.8. The van der Waals surface area contributed by atoms with Crippen molar-refractivity contribution in [3.8, 4) is 0 Å². The zero-order valence-corrected chi connectivity index (χ0v) is 16.4. The molecule has 1 heterocycles. The first-order valence-electron chi connectivity index (χ1n) is 8.30. The van der Waals surface area contributed by atoms with Gasteiger partial charge < -0.3 is 4.74 Å². The van der Waals surface area contributed by atoms with E-state index in [-0.39, 0.29) is 11.8 Å². The van der Waals surface area contributed by atoms with Crippen molar-refractivity contribution in [1.82, 2.24) is 0 Å². The Labute approximate surface area is 166 Å². The molecule has 0 saturated carbocycles. The number of imide groups is 1. The number of aliphatic imine (C=N–C) groups is 1. The largest absolute Gasteiger partial charge is 0.481 e. The van der Waals surface area contributed by atoms with E-state index in [1.165, 1.54) is 17.8 Å². The first-order valence-corrected chi connectivity index (χ1v) is 9.49. The van der Waals surface area contributed by atoms with Gasteiger partial charge in [-0.2, -0.15) is 0 Å². The van der Waals surface area contributed by atoms with Gasteiger partial charge in [0.25, 0.3) is 11.8 Å². The summed E-state index contributed by atoms with van der Waals surface area (Å²) in [6.45, 7) is 4.19. The Bertz CT molecular complexity index is 938. The Morgan fingerprint density at radius 3 is 2.56 bits per heavy atom. The second kappa shape index (κ2) is 8.41. The van der Waals surface area contributed by atoms with Gasteiger partial charge >= 0.3 is 0 Å². The van der Waals surface area contributed by atoms with Crippen LogP contribution < -0.4 is 4.90 Å².